The molecule has 0 saturated carbocycles. The van der Waals surface area contributed by atoms with Crippen molar-refractivity contribution >= 4 is 22.6 Å². The van der Waals surface area contributed by atoms with Gasteiger partial charge in [0.1, 0.15) is 11.9 Å². The van der Waals surface area contributed by atoms with Crippen molar-refractivity contribution in [1.82, 2.24) is 19.7 Å². The van der Waals surface area contributed by atoms with E-state index < -0.39 is 0 Å². The Kier molecular flexibility index (Phi) is 3.93. The van der Waals surface area contributed by atoms with Crippen LogP contribution in [-0.2, 0) is 16.6 Å². The number of nitrogens with zero attached hydrogens (tertiary/aromatic N) is 4. The third-order valence-electron chi connectivity index (χ3n) is 4.57. The monoisotopic (exact) mass is 337 g/mol. The first-order valence-corrected chi connectivity index (χ1v) is 8.30. The average Bonchev–Trinajstić information content (AvgIpc) is 3.26. The number of aromatic nitrogens is 4. The minimum atomic E-state index is -0.388. The minimum Gasteiger partial charge on any atom is -0.368 e. The summed E-state index contributed by atoms with van der Waals surface area (Å²) in [6.45, 7) is 2.60. The van der Waals surface area contributed by atoms with E-state index in [9.17, 15) is 4.79 Å². The fourth-order valence-electron chi connectivity index (χ4n) is 3.03. The summed E-state index contributed by atoms with van der Waals surface area (Å²) in [5, 5.41) is 12.0. The Hall–Kier alpha value is -2.80. The van der Waals surface area contributed by atoms with Gasteiger partial charge < -0.3 is 14.6 Å². The number of hydrogen-bond donors (Lipinski definition) is 1. The van der Waals surface area contributed by atoms with Gasteiger partial charge in [-0.1, -0.05) is 6.07 Å². The van der Waals surface area contributed by atoms with E-state index in [4.69, 9.17) is 4.74 Å². The maximum Gasteiger partial charge on any atom is 0.254 e. The number of imidazole rings is 1. The molecule has 0 bridgehead atoms. The van der Waals surface area contributed by atoms with Crippen LogP contribution in [-0.4, -0.2) is 38.4 Å². The number of nitrogens with one attached hydrogen (secondary N) is 1. The highest BCUT2D eigenvalue weighted by atomic mass is 16.5. The van der Waals surface area contributed by atoms with E-state index in [0.29, 0.717) is 12.4 Å². The van der Waals surface area contributed by atoms with Gasteiger partial charge in [-0.2, -0.15) is 0 Å². The standard InChI is InChI=1S/C18H19N5O2/c1-11-19-10-15(23(11)2)12-5-6-14-13(8-12)9-17(22-21-14)20-18(24)16-4-3-7-25-16/h5-6,8-10,16H,3-4,7H2,1-2H3,(H,20,22,24). The molecule has 1 unspecified atom stereocenters. The van der Waals surface area contributed by atoms with Crippen LogP contribution in [0.1, 0.15) is 18.7 Å². The largest absolute Gasteiger partial charge is 0.368 e. The summed E-state index contributed by atoms with van der Waals surface area (Å²) in [4.78, 5) is 16.5. The van der Waals surface area contributed by atoms with Crippen molar-refractivity contribution < 1.29 is 9.53 Å². The van der Waals surface area contributed by atoms with Crippen LogP contribution in [0.25, 0.3) is 22.2 Å². The molecule has 3 aromatic rings. The molecule has 1 aliphatic rings. The Morgan fingerprint density at radius 3 is 2.92 bits per heavy atom. The number of ether oxygens (including phenoxy) is 1. The van der Waals surface area contributed by atoms with E-state index in [0.717, 1.165) is 40.8 Å². The summed E-state index contributed by atoms with van der Waals surface area (Å²) >= 11 is 0. The smallest absolute Gasteiger partial charge is 0.254 e. The van der Waals surface area contributed by atoms with Gasteiger partial charge >= 0.3 is 0 Å². The maximum atomic E-state index is 12.2. The maximum absolute atomic E-state index is 12.2. The lowest BCUT2D eigenvalue weighted by Crippen LogP contribution is -2.27. The highest BCUT2D eigenvalue weighted by molar-refractivity contribution is 5.95. The summed E-state index contributed by atoms with van der Waals surface area (Å²) in [5.41, 5.74) is 2.85. The van der Waals surface area contributed by atoms with E-state index in [1.54, 1.807) is 0 Å². The molecule has 1 aliphatic heterocycles. The topological polar surface area (TPSA) is 81.9 Å². The molecule has 0 aliphatic carbocycles. The van der Waals surface area contributed by atoms with Crippen molar-refractivity contribution in [2.45, 2.75) is 25.9 Å². The molecule has 0 spiro atoms. The number of benzene rings is 1. The average molecular weight is 337 g/mol. The predicted octanol–water partition coefficient (Wildman–Crippen LogP) is 2.46. The fraction of sp³-hybridized carbons (Fsp3) is 0.333. The van der Waals surface area contributed by atoms with Crippen molar-refractivity contribution in [1.29, 1.82) is 0 Å². The second-order valence-corrected chi connectivity index (χ2v) is 6.24. The second kappa shape index (κ2) is 6.25. The molecule has 2 aromatic heterocycles. The summed E-state index contributed by atoms with van der Waals surface area (Å²) in [6.07, 6.45) is 3.12. The number of fused-ring (bicyclic) bond motifs is 1. The van der Waals surface area contributed by atoms with Gasteiger partial charge in [-0.15, -0.1) is 10.2 Å². The van der Waals surface area contributed by atoms with Crippen molar-refractivity contribution in [3.8, 4) is 11.3 Å². The lowest BCUT2D eigenvalue weighted by Gasteiger charge is -2.10. The number of carbonyl (C=O) groups excluding carboxylic acids is 1. The second-order valence-electron chi connectivity index (χ2n) is 6.24. The molecule has 7 heteroatoms. The quantitative estimate of drug-likeness (QED) is 0.794. The number of carbonyl (C=O) groups is 1. The van der Waals surface area contributed by atoms with Gasteiger partial charge in [0.05, 0.1) is 17.4 Å². The predicted molar refractivity (Wildman–Crippen MR) is 94.1 cm³/mol. The third-order valence-corrected chi connectivity index (χ3v) is 4.57. The zero-order chi connectivity index (χ0) is 17.4. The highest BCUT2D eigenvalue weighted by Gasteiger charge is 2.24. The van der Waals surface area contributed by atoms with Crippen LogP contribution in [0.2, 0.25) is 0 Å². The van der Waals surface area contributed by atoms with Crippen LogP contribution in [0.4, 0.5) is 5.82 Å². The van der Waals surface area contributed by atoms with Gasteiger partial charge in [-0.3, -0.25) is 4.79 Å². The van der Waals surface area contributed by atoms with Crippen molar-refractivity contribution in [3.63, 3.8) is 0 Å². The van der Waals surface area contributed by atoms with Crippen LogP contribution >= 0.6 is 0 Å². The van der Waals surface area contributed by atoms with E-state index in [2.05, 4.69) is 20.5 Å². The van der Waals surface area contributed by atoms with E-state index in [-0.39, 0.29) is 12.0 Å². The van der Waals surface area contributed by atoms with Crippen molar-refractivity contribution in [3.05, 3.63) is 36.3 Å². The van der Waals surface area contributed by atoms with Crippen molar-refractivity contribution in [2.24, 2.45) is 7.05 Å². The molecule has 25 heavy (non-hydrogen) atoms. The molecule has 1 amide bonds. The van der Waals surface area contributed by atoms with Crippen LogP contribution in [0.15, 0.2) is 30.5 Å². The van der Waals surface area contributed by atoms with Crippen molar-refractivity contribution in [2.75, 3.05) is 11.9 Å². The van der Waals surface area contributed by atoms with Crippen LogP contribution in [0.3, 0.4) is 0 Å². The summed E-state index contributed by atoms with van der Waals surface area (Å²) in [5.74, 6) is 1.23. The SMILES string of the molecule is Cc1ncc(-c2ccc3nnc(NC(=O)C4CCCO4)cc3c2)n1C. The van der Waals surface area contributed by atoms with Crippen LogP contribution < -0.4 is 5.32 Å². The number of amides is 1. The Morgan fingerprint density at radius 1 is 1.32 bits per heavy atom. The lowest BCUT2D eigenvalue weighted by atomic mass is 10.1. The number of anilines is 1. The Labute approximate surface area is 145 Å². The first-order chi connectivity index (χ1) is 12.1. The summed E-state index contributed by atoms with van der Waals surface area (Å²) < 4.78 is 7.43. The lowest BCUT2D eigenvalue weighted by molar-refractivity contribution is -0.124. The fourth-order valence-corrected chi connectivity index (χ4v) is 3.03. The molecule has 1 atom stereocenters. The first-order valence-electron chi connectivity index (χ1n) is 8.30. The zero-order valence-corrected chi connectivity index (χ0v) is 14.2. The van der Waals surface area contributed by atoms with Crippen LogP contribution in [0, 0.1) is 6.92 Å². The minimum absolute atomic E-state index is 0.162. The summed E-state index contributed by atoms with van der Waals surface area (Å²) in [6, 6.07) is 7.79. The highest BCUT2D eigenvalue weighted by Crippen LogP contribution is 2.25. The molecular formula is C18H19N5O2. The number of aryl methyl sites for hydroxylation is 1. The molecule has 7 nitrogen and oxygen atoms in total. The number of hydrogen-bond acceptors (Lipinski definition) is 5. The molecule has 0 radical (unpaired) electrons. The van der Waals surface area contributed by atoms with Gasteiger partial charge in [0, 0.05) is 24.6 Å². The van der Waals surface area contributed by atoms with Gasteiger partial charge in [-0.25, -0.2) is 4.98 Å². The Morgan fingerprint density at radius 2 is 2.20 bits per heavy atom. The van der Waals surface area contributed by atoms with E-state index in [1.165, 1.54) is 0 Å². The molecule has 1 N–H and O–H groups in total. The first kappa shape index (κ1) is 15.7. The third kappa shape index (κ3) is 2.98. The molecule has 1 fully saturated rings. The Balaban J connectivity index is 1.64. The summed E-state index contributed by atoms with van der Waals surface area (Å²) in [7, 11) is 1.99. The zero-order valence-electron chi connectivity index (χ0n) is 14.2. The van der Waals surface area contributed by atoms with E-state index >= 15 is 0 Å². The number of rotatable bonds is 3. The van der Waals surface area contributed by atoms with Gasteiger partial charge in [0.15, 0.2) is 5.82 Å². The van der Waals surface area contributed by atoms with Crippen LogP contribution in [0.5, 0.6) is 0 Å². The van der Waals surface area contributed by atoms with Gasteiger partial charge in [0.25, 0.3) is 5.91 Å². The molecule has 1 saturated heterocycles. The Bertz CT molecular complexity index is 944. The normalized spacial score (nSPS) is 17.1. The van der Waals surface area contributed by atoms with Gasteiger partial charge in [-0.05, 0) is 38.0 Å². The molecule has 4 rings (SSSR count). The molecule has 1 aromatic carbocycles. The molecular weight excluding hydrogens is 318 g/mol. The van der Waals surface area contributed by atoms with E-state index in [1.807, 2.05) is 49.0 Å². The molecule has 3 heterocycles. The van der Waals surface area contributed by atoms with Gasteiger partial charge in [0.2, 0.25) is 0 Å². The molecule has 128 valence electrons.